The van der Waals surface area contributed by atoms with Crippen molar-refractivity contribution in [3.8, 4) is 0 Å². The van der Waals surface area contributed by atoms with Crippen molar-refractivity contribution in [1.82, 2.24) is 5.32 Å². The van der Waals surface area contributed by atoms with Crippen LogP contribution in [0.3, 0.4) is 0 Å². The number of ether oxygens (including phenoxy) is 2. The van der Waals surface area contributed by atoms with E-state index in [9.17, 15) is 38.7 Å². The molecule has 13 nitrogen and oxygen atoms in total. The van der Waals surface area contributed by atoms with E-state index in [1.54, 1.807) is 6.08 Å². The zero-order valence-electron chi connectivity index (χ0n) is 25.6. The summed E-state index contributed by atoms with van der Waals surface area (Å²) >= 11 is 0. The van der Waals surface area contributed by atoms with E-state index in [-0.39, 0.29) is 6.42 Å². The monoisotopic (exact) mass is 641 g/mol. The second-order valence-corrected chi connectivity index (χ2v) is 12.2. The Morgan fingerprint density at radius 2 is 1.51 bits per heavy atom. The quantitative estimate of drug-likeness (QED) is 0.0457. The first-order chi connectivity index (χ1) is 20.4. The van der Waals surface area contributed by atoms with E-state index < -0.39 is 78.5 Å². The molecule has 0 spiro atoms. The lowest BCUT2D eigenvalue weighted by Crippen LogP contribution is -2.61. The Bertz CT molecular complexity index is 874. The molecule has 254 valence electrons. The van der Waals surface area contributed by atoms with Crippen molar-refractivity contribution in [2.75, 3.05) is 13.2 Å². The summed E-state index contributed by atoms with van der Waals surface area (Å²) in [6, 6.07) is -1.11. The van der Waals surface area contributed by atoms with Gasteiger partial charge >= 0.3 is 10.4 Å². The molecule has 1 amide bonds. The number of carbonyl (C=O) groups excluding carboxylic acids is 1. The van der Waals surface area contributed by atoms with E-state index in [4.69, 9.17) is 14.0 Å². The van der Waals surface area contributed by atoms with Gasteiger partial charge < -0.3 is 40.3 Å². The maximum Gasteiger partial charge on any atom is 0.397 e. The maximum absolute atomic E-state index is 12.8. The number of hydrogen-bond donors (Lipinski definition) is 7. The van der Waals surface area contributed by atoms with Crippen LogP contribution in [-0.2, 0) is 28.9 Å². The highest BCUT2D eigenvalue weighted by molar-refractivity contribution is 7.80. The van der Waals surface area contributed by atoms with Gasteiger partial charge in [0.1, 0.15) is 30.5 Å². The van der Waals surface area contributed by atoms with E-state index >= 15 is 0 Å². The third kappa shape index (κ3) is 16.6. The zero-order valence-corrected chi connectivity index (χ0v) is 26.4. The van der Waals surface area contributed by atoms with Crippen LogP contribution in [0.5, 0.6) is 0 Å². The Morgan fingerprint density at radius 3 is 2.09 bits per heavy atom. The first-order valence-electron chi connectivity index (χ1n) is 15.7. The standard InChI is InChI=1S/C29H55NO12S/c1-3-5-7-9-11-12-14-16-18-23(33)28(36)30-21(22(32)17-15-13-10-8-6-4-2)20-40-29-26(35)27(42-43(37,38)39)25(34)24(19-31)41-29/h15,17,21-27,29,31-35H,3-14,16,18-20H2,1-2H3,(H,30,36)(H,37,38,39)/b17-15+. The largest absolute Gasteiger partial charge is 0.397 e. The number of aliphatic hydroxyl groups excluding tert-OH is 5. The van der Waals surface area contributed by atoms with Gasteiger partial charge in [-0.15, -0.1) is 0 Å². The number of hydrogen-bond acceptors (Lipinski definition) is 11. The smallest absolute Gasteiger partial charge is 0.394 e. The summed E-state index contributed by atoms with van der Waals surface area (Å²) in [5.74, 6) is -0.715. The van der Waals surface area contributed by atoms with E-state index in [0.29, 0.717) is 12.8 Å². The van der Waals surface area contributed by atoms with Crippen LogP contribution in [0.4, 0.5) is 0 Å². The molecule has 8 unspecified atom stereocenters. The summed E-state index contributed by atoms with van der Waals surface area (Å²) in [6.07, 6.45) is 5.43. The molecule has 0 aliphatic carbocycles. The van der Waals surface area contributed by atoms with Gasteiger partial charge in [-0.25, -0.2) is 4.18 Å². The molecule has 0 aromatic carbocycles. The molecule has 0 radical (unpaired) electrons. The maximum atomic E-state index is 12.8. The van der Waals surface area contributed by atoms with E-state index in [1.165, 1.54) is 31.8 Å². The van der Waals surface area contributed by atoms with Crippen molar-refractivity contribution >= 4 is 16.3 Å². The Kier molecular flexibility index (Phi) is 20.7. The molecule has 1 fully saturated rings. The highest BCUT2D eigenvalue weighted by Crippen LogP contribution is 2.26. The van der Waals surface area contributed by atoms with E-state index in [2.05, 4.69) is 23.3 Å². The Labute approximate surface area is 256 Å². The van der Waals surface area contributed by atoms with Crippen molar-refractivity contribution in [2.24, 2.45) is 0 Å². The van der Waals surface area contributed by atoms with E-state index in [0.717, 1.165) is 44.9 Å². The SMILES string of the molecule is CCCCCC/C=C/C(O)C(COC1OC(CO)C(O)C(OS(=O)(=O)O)C1O)NC(=O)C(O)CCCCCCCCCC. The Morgan fingerprint density at radius 1 is 0.930 bits per heavy atom. The number of carbonyl (C=O) groups is 1. The van der Waals surface area contributed by atoms with Gasteiger partial charge in [0.25, 0.3) is 0 Å². The van der Waals surface area contributed by atoms with Crippen molar-refractivity contribution in [3.63, 3.8) is 0 Å². The Hall–Kier alpha value is -1.20. The van der Waals surface area contributed by atoms with Crippen LogP contribution in [0.2, 0.25) is 0 Å². The minimum atomic E-state index is -5.10. The van der Waals surface area contributed by atoms with Gasteiger partial charge in [0.15, 0.2) is 6.29 Å². The fourth-order valence-corrected chi connectivity index (χ4v) is 5.32. The normalized spacial score (nSPS) is 25.1. The van der Waals surface area contributed by atoms with Gasteiger partial charge in [0, 0.05) is 0 Å². The van der Waals surface area contributed by atoms with Gasteiger partial charge in [-0.05, 0) is 19.3 Å². The van der Waals surface area contributed by atoms with Crippen molar-refractivity contribution < 1.29 is 57.0 Å². The van der Waals surface area contributed by atoms with E-state index in [1.807, 2.05) is 0 Å². The fourth-order valence-electron chi connectivity index (χ4n) is 4.81. The fraction of sp³-hybridized carbons (Fsp3) is 0.897. The molecular weight excluding hydrogens is 586 g/mol. The van der Waals surface area contributed by atoms with Crippen LogP contribution < -0.4 is 5.32 Å². The summed E-state index contributed by atoms with van der Waals surface area (Å²) in [5, 5.41) is 54.1. The summed E-state index contributed by atoms with van der Waals surface area (Å²) < 4.78 is 46.8. The lowest BCUT2D eigenvalue weighted by Gasteiger charge is -2.41. The molecule has 1 rings (SSSR count). The van der Waals surface area contributed by atoms with Gasteiger partial charge in [-0.2, -0.15) is 8.42 Å². The highest BCUT2D eigenvalue weighted by atomic mass is 32.3. The Balaban J connectivity index is 2.83. The van der Waals surface area contributed by atoms with Gasteiger partial charge in [-0.3, -0.25) is 9.35 Å². The number of allylic oxidation sites excluding steroid dienone is 1. The first-order valence-corrected chi connectivity index (χ1v) is 17.0. The van der Waals surface area contributed by atoms with Crippen LogP contribution >= 0.6 is 0 Å². The predicted molar refractivity (Wildman–Crippen MR) is 159 cm³/mol. The molecule has 1 saturated heterocycles. The molecule has 1 aliphatic heterocycles. The molecule has 0 saturated carbocycles. The van der Waals surface area contributed by atoms with Crippen LogP contribution in [0.1, 0.15) is 104 Å². The van der Waals surface area contributed by atoms with Gasteiger partial charge in [0.2, 0.25) is 5.91 Å². The number of rotatable bonds is 24. The van der Waals surface area contributed by atoms with Crippen LogP contribution in [-0.4, -0.2) is 107 Å². The average molecular weight is 642 g/mol. The molecule has 0 aromatic rings. The third-order valence-corrected chi connectivity index (χ3v) is 7.89. The predicted octanol–water partition coefficient (Wildman–Crippen LogP) is 1.89. The average Bonchev–Trinajstić information content (AvgIpc) is 2.96. The third-order valence-electron chi connectivity index (χ3n) is 7.43. The number of unbranched alkanes of at least 4 members (excludes halogenated alkanes) is 11. The molecule has 0 aromatic heterocycles. The minimum Gasteiger partial charge on any atom is -0.394 e. The van der Waals surface area contributed by atoms with Crippen LogP contribution in [0.25, 0.3) is 0 Å². The molecule has 8 atom stereocenters. The van der Waals surface area contributed by atoms with Crippen molar-refractivity contribution in [1.29, 1.82) is 0 Å². The van der Waals surface area contributed by atoms with Gasteiger partial charge in [0.05, 0.1) is 25.4 Å². The topological polar surface area (TPSA) is 212 Å². The minimum absolute atomic E-state index is 0.243. The summed E-state index contributed by atoms with van der Waals surface area (Å²) in [6.45, 7) is 3.00. The number of aliphatic hydroxyl groups is 5. The second kappa shape index (κ2) is 22.3. The number of amides is 1. The first kappa shape index (κ1) is 39.8. The number of nitrogens with one attached hydrogen (secondary N) is 1. The molecular formula is C29H55NO12S. The molecule has 43 heavy (non-hydrogen) atoms. The zero-order chi connectivity index (χ0) is 32.3. The van der Waals surface area contributed by atoms with Crippen LogP contribution in [0.15, 0.2) is 12.2 Å². The van der Waals surface area contributed by atoms with Gasteiger partial charge in [-0.1, -0.05) is 96.6 Å². The lowest BCUT2D eigenvalue weighted by molar-refractivity contribution is -0.298. The lowest BCUT2D eigenvalue weighted by atomic mass is 9.99. The molecule has 0 bridgehead atoms. The van der Waals surface area contributed by atoms with Crippen LogP contribution in [0, 0.1) is 0 Å². The summed E-state index contributed by atoms with van der Waals surface area (Å²) in [5.41, 5.74) is 0. The molecule has 7 N–H and O–H groups in total. The molecule has 1 heterocycles. The van der Waals surface area contributed by atoms with Crippen molar-refractivity contribution in [3.05, 3.63) is 12.2 Å². The van der Waals surface area contributed by atoms with Crippen molar-refractivity contribution in [2.45, 2.75) is 153 Å². The molecule has 14 heteroatoms. The highest BCUT2D eigenvalue weighted by Gasteiger charge is 2.48. The molecule has 1 aliphatic rings. The second-order valence-electron chi connectivity index (χ2n) is 11.2. The summed E-state index contributed by atoms with van der Waals surface area (Å²) in [4.78, 5) is 12.8. The summed E-state index contributed by atoms with van der Waals surface area (Å²) in [7, 11) is -5.10.